The van der Waals surface area contributed by atoms with Crippen molar-refractivity contribution in [3.8, 4) is 11.1 Å². The maximum atomic E-state index is 3.30. The van der Waals surface area contributed by atoms with Crippen LogP contribution in [0.3, 0.4) is 0 Å². The molecule has 0 amide bonds. The molecule has 0 bridgehead atoms. The molecule has 0 spiro atoms. The van der Waals surface area contributed by atoms with Crippen molar-refractivity contribution in [3.63, 3.8) is 0 Å². The van der Waals surface area contributed by atoms with Gasteiger partial charge in [-0.15, -0.1) is 54.5 Å². The summed E-state index contributed by atoms with van der Waals surface area (Å²) in [7, 11) is 0.754. The van der Waals surface area contributed by atoms with E-state index in [1.807, 2.05) is 6.07 Å². The monoisotopic (exact) mass is 674 g/mol. The summed E-state index contributed by atoms with van der Waals surface area (Å²) in [6.45, 7) is 2.19. The van der Waals surface area contributed by atoms with Crippen LogP contribution in [0.1, 0.15) is 27.8 Å². The predicted octanol–water partition coefficient (Wildman–Crippen LogP) is 10.0. The molecule has 1 aliphatic carbocycles. The van der Waals surface area contributed by atoms with E-state index in [9.17, 15) is 0 Å². The molecule has 1 atom stereocenters. The third-order valence-corrected chi connectivity index (χ3v) is 9.64. The Bertz CT molecular complexity index is 1840. The zero-order valence-electron chi connectivity index (χ0n) is 25.7. The SMILES string of the molecule is Cc1ccccc1P[c-]1ccc2ccccc21.[Zr+2].[c-]1cccc2c1Cc1ccccc1-2.c1ccc(CCc2ccccc2)cc1. The molecule has 0 N–H and O–H groups in total. The van der Waals surface area contributed by atoms with Crippen LogP contribution in [-0.2, 0) is 45.5 Å². The molecule has 0 nitrogen and oxygen atoms in total. The number of hydrogen-bond donors (Lipinski definition) is 0. The van der Waals surface area contributed by atoms with Gasteiger partial charge in [-0.1, -0.05) is 126 Å². The van der Waals surface area contributed by atoms with Gasteiger partial charge in [-0.2, -0.15) is 35.9 Å². The van der Waals surface area contributed by atoms with Gasteiger partial charge in [0.1, 0.15) is 0 Å². The van der Waals surface area contributed by atoms with Crippen LogP contribution in [0.4, 0.5) is 0 Å². The first kappa shape index (κ1) is 32.6. The van der Waals surface area contributed by atoms with E-state index in [0.717, 1.165) is 27.8 Å². The largest absolute Gasteiger partial charge is 2.00 e. The summed E-state index contributed by atoms with van der Waals surface area (Å²) < 4.78 is 0. The Kier molecular flexibility index (Phi) is 12.0. The summed E-state index contributed by atoms with van der Waals surface area (Å²) >= 11 is 0. The Morgan fingerprint density at radius 1 is 0.600 bits per heavy atom. The normalized spacial score (nSPS) is 11.0. The third-order valence-electron chi connectivity index (χ3n) is 8.10. The fourth-order valence-electron chi connectivity index (χ4n) is 5.69. The molecule has 0 aromatic heterocycles. The Labute approximate surface area is 289 Å². The Balaban J connectivity index is 0.000000133. The molecule has 8 rings (SSSR count). The van der Waals surface area contributed by atoms with E-state index in [0.29, 0.717) is 0 Å². The van der Waals surface area contributed by atoms with Crippen molar-refractivity contribution in [1.29, 1.82) is 0 Å². The first-order valence-electron chi connectivity index (χ1n) is 15.4. The molecule has 45 heavy (non-hydrogen) atoms. The summed E-state index contributed by atoms with van der Waals surface area (Å²) in [6.07, 6.45) is 3.31. The molecule has 7 aromatic rings. The summed E-state index contributed by atoms with van der Waals surface area (Å²) in [5, 5.41) is 5.65. The van der Waals surface area contributed by atoms with Gasteiger partial charge in [0.05, 0.1) is 0 Å². The van der Waals surface area contributed by atoms with Gasteiger partial charge in [-0.25, -0.2) is 0 Å². The molecule has 0 saturated carbocycles. The standard InChI is InChI=1S/C16H14P.C14H14.C13H9.Zr/c1-12-6-2-5-9-15(12)17-16-11-10-13-7-3-4-8-14(13)16;1-3-7-13(8-4-1)11-12-14-9-5-2-6-10-14;1-3-7-12-10(5-1)9-11-6-2-4-8-13(11)12;/h2-11,17H,1H3;1-10H,11-12H2;1-5,7-8H,9H2;/q-1;;-1;+2. The summed E-state index contributed by atoms with van der Waals surface area (Å²) in [4.78, 5) is 0. The van der Waals surface area contributed by atoms with E-state index in [1.54, 1.807) is 0 Å². The van der Waals surface area contributed by atoms with Gasteiger partial charge < -0.3 is 0 Å². The van der Waals surface area contributed by atoms with Gasteiger partial charge >= 0.3 is 26.2 Å². The zero-order chi connectivity index (χ0) is 30.0. The van der Waals surface area contributed by atoms with Crippen molar-refractivity contribution in [1.82, 2.24) is 0 Å². The van der Waals surface area contributed by atoms with Gasteiger partial charge in [0.2, 0.25) is 0 Å². The Hall–Kier alpha value is -3.76. The molecule has 1 unspecified atom stereocenters. The number of fused-ring (bicyclic) bond motifs is 4. The van der Waals surface area contributed by atoms with Crippen molar-refractivity contribution in [3.05, 3.63) is 198 Å². The fraction of sp³-hybridized carbons (Fsp3) is 0.0930. The maximum absolute atomic E-state index is 3.30. The number of benzene rings is 6. The second kappa shape index (κ2) is 16.5. The van der Waals surface area contributed by atoms with E-state index in [2.05, 4.69) is 171 Å². The van der Waals surface area contributed by atoms with Gasteiger partial charge in [0.15, 0.2) is 0 Å². The van der Waals surface area contributed by atoms with Crippen molar-refractivity contribution >= 4 is 30.0 Å². The average molecular weight is 676 g/mol. The van der Waals surface area contributed by atoms with Crippen LogP contribution in [-0.4, -0.2) is 0 Å². The molecule has 0 fully saturated rings. The molecular weight excluding hydrogens is 639 g/mol. The van der Waals surface area contributed by atoms with Gasteiger partial charge in [0, 0.05) is 0 Å². The van der Waals surface area contributed by atoms with E-state index in [4.69, 9.17) is 0 Å². The maximum Gasteiger partial charge on any atom is 2.00 e. The number of rotatable bonds is 5. The topological polar surface area (TPSA) is 0 Å². The molecule has 7 aromatic carbocycles. The predicted molar refractivity (Wildman–Crippen MR) is 192 cm³/mol. The average Bonchev–Trinajstić information content (AvgIpc) is 3.68. The van der Waals surface area contributed by atoms with Crippen LogP contribution < -0.4 is 10.6 Å². The van der Waals surface area contributed by atoms with Crippen molar-refractivity contribution in [2.24, 2.45) is 0 Å². The van der Waals surface area contributed by atoms with Crippen LogP contribution in [0, 0.1) is 13.0 Å². The molecule has 218 valence electrons. The van der Waals surface area contributed by atoms with Crippen molar-refractivity contribution < 1.29 is 26.2 Å². The van der Waals surface area contributed by atoms with Gasteiger partial charge in [0.25, 0.3) is 0 Å². The van der Waals surface area contributed by atoms with Crippen LogP contribution in [0.2, 0.25) is 0 Å². The molecule has 0 radical (unpaired) electrons. The summed E-state index contributed by atoms with van der Waals surface area (Å²) in [5.41, 5.74) is 9.72. The van der Waals surface area contributed by atoms with Gasteiger partial charge in [-0.05, 0) is 48.2 Å². The van der Waals surface area contributed by atoms with E-state index in [-0.39, 0.29) is 26.2 Å². The zero-order valence-corrected chi connectivity index (χ0v) is 29.2. The fourth-order valence-corrected chi connectivity index (χ4v) is 6.97. The second-order valence-electron chi connectivity index (χ2n) is 11.1. The first-order valence-corrected chi connectivity index (χ1v) is 16.4. The molecule has 0 aliphatic heterocycles. The number of hydrogen-bond acceptors (Lipinski definition) is 0. The minimum atomic E-state index is 0. The van der Waals surface area contributed by atoms with Gasteiger partial charge in [-0.3, -0.25) is 0 Å². The smallest absolute Gasteiger partial charge is 0.179 e. The van der Waals surface area contributed by atoms with E-state index >= 15 is 0 Å². The number of aryl methyl sites for hydroxylation is 3. The molecule has 0 saturated heterocycles. The molecular formula is C43H37PZr. The first-order chi connectivity index (χ1) is 21.7. The molecule has 1 aliphatic rings. The summed E-state index contributed by atoms with van der Waals surface area (Å²) in [5.74, 6) is 0. The molecule has 2 heteroatoms. The second-order valence-corrected chi connectivity index (χ2v) is 12.5. The quantitative estimate of drug-likeness (QED) is 0.126. The Morgan fingerprint density at radius 2 is 1.20 bits per heavy atom. The van der Waals surface area contributed by atoms with Crippen molar-refractivity contribution in [2.45, 2.75) is 26.2 Å². The van der Waals surface area contributed by atoms with E-state index < -0.39 is 0 Å². The summed E-state index contributed by atoms with van der Waals surface area (Å²) in [6, 6.07) is 61.1. The van der Waals surface area contributed by atoms with E-state index in [1.165, 1.54) is 60.3 Å². The minimum absolute atomic E-state index is 0. The Morgan fingerprint density at radius 3 is 1.93 bits per heavy atom. The van der Waals surface area contributed by atoms with Crippen LogP contribution in [0.15, 0.2) is 164 Å². The van der Waals surface area contributed by atoms with Crippen LogP contribution >= 0.6 is 8.58 Å². The van der Waals surface area contributed by atoms with Crippen LogP contribution in [0.5, 0.6) is 0 Å². The van der Waals surface area contributed by atoms with Crippen LogP contribution in [0.25, 0.3) is 21.9 Å². The third kappa shape index (κ3) is 8.70. The van der Waals surface area contributed by atoms with Crippen molar-refractivity contribution in [2.75, 3.05) is 0 Å². The minimum Gasteiger partial charge on any atom is -0.179 e. The molecule has 0 heterocycles.